The number of aliphatic hydroxyl groups is 3. The SMILES string of the molecule is CCCCCCCCC(O)C(CCCCCCCC(=O)OCCO)OCC(C)O. The van der Waals surface area contributed by atoms with Crippen molar-refractivity contribution in [3.8, 4) is 0 Å². The molecule has 174 valence electrons. The number of hydrogen-bond donors (Lipinski definition) is 3. The number of aliphatic hydroxyl groups excluding tert-OH is 3. The van der Waals surface area contributed by atoms with Gasteiger partial charge in [0.15, 0.2) is 0 Å². The fraction of sp³-hybridized carbons (Fsp3) is 0.957. The van der Waals surface area contributed by atoms with Gasteiger partial charge in [0.2, 0.25) is 0 Å². The summed E-state index contributed by atoms with van der Waals surface area (Å²) in [5, 5.41) is 28.6. The van der Waals surface area contributed by atoms with Crippen molar-refractivity contribution in [2.45, 2.75) is 122 Å². The number of unbranched alkanes of at least 4 members (excludes halogenated alkanes) is 9. The van der Waals surface area contributed by atoms with Crippen LogP contribution in [0.2, 0.25) is 0 Å². The van der Waals surface area contributed by atoms with Crippen molar-refractivity contribution in [3.05, 3.63) is 0 Å². The van der Waals surface area contributed by atoms with E-state index in [9.17, 15) is 15.0 Å². The van der Waals surface area contributed by atoms with Crippen LogP contribution in [-0.4, -0.2) is 59.4 Å². The van der Waals surface area contributed by atoms with E-state index in [1.54, 1.807) is 6.92 Å². The van der Waals surface area contributed by atoms with Gasteiger partial charge in [-0.2, -0.15) is 0 Å². The first-order valence-electron chi connectivity index (χ1n) is 11.8. The third-order valence-electron chi connectivity index (χ3n) is 5.06. The Balaban J connectivity index is 3.93. The van der Waals surface area contributed by atoms with Crippen LogP contribution in [0, 0.1) is 0 Å². The van der Waals surface area contributed by atoms with E-state index in [-0.39, 0.29) is 31.9 Å². The molecule has 0 aliphatic heterocycles. The molecular weight excluding hydrogens is 372 g/mol. The lowest BCUT2D eigenvalue weighted by Crippen LogP contribution is -2.31. The van der Waals surface area contributed by atoms with Gasteiger partial charge in [0.05, 0.1) is 31.5 Å². The van der Waals surface area contributed by atoms with Gasteiger partial charge in [-0.3, -0.25) is 4.79 Å². The highest BCUT2D eigenvalue weighted by molar-refractivity contribution is 5.69. The van der Waals surface area contributed by atoms with Crippen LogP contribution in [0.25, 0.3) is 0 Å². The average Bonchev–Trinajstić information content (AvgIpc) is 2.70. The molecule has 6 heteroatoms. The van der Waals surface area contributed by atoms with Gasteiger partial charge in [0.25, 0.3) is 0 Å². The number of carbonyl (C=O) groups is 1. The molecule has 0 aliphatic carbocycles. The van der Waals surface area contributed by atoms with Gasteiger partial charge < -0.3 is 24.8 Å². The minimum absolute atomic E-state index is 0.0771. The Morgan fingerprint density at radius 3 is 2.07 bits per heavy atom. The van der Waals surface area contributed by atoms with E-state index < -0.39 is 12.2 Å². The van der Waals surface area contributed by atoms with Gasteiger partial charge in [0.1, 0.15) is 6.61 Å². The molecule has 3 unspecified atom stereocenters. The lowest BCUT2D eigenvalue weighted by atomic mass is 9.99. The van der Waals surface area contributed by atoms with E-state index in [1.807, 2.05) is 0 Å². The van der Waals surface area contributed by atoms with Crippen LogP contribution in [0.15, 0.2) is 0 Å². The Morgan fingerprint density at radius 1 is 0.862 bits per heavy atom. The second-order valence-electron chi connectivity index (χ2n) is 8.10. The van der Waals surface area contributed by atoms with Gasteiger partial charge in [-0.25, -0.2) is 0 Å². The fourth-order valence-corrected chi connectivity index (χ4v) is 3.35. The number of ether oxygens (including phenoxy) is 2. The van der Waals surface area contributed by atoms with E-state index in [4.69, 9.17) is 14.6 Å². The van der Waals surface area contributed by atoms with Gasteiger partial charge >= 0.3 is 5.97 Å². The summed E-state index contributed by atoms with van der Waals surface area (Å²) in [6.45, 7) is 4.11. The minimum atomic E-state index is -0.524. The summed E-state index contributed by atoms with van der Waals surface area (Å²) >= 11 is 0. The molecule has 0 rings (SSSR count). The van der Waals surface area contributed by atoms with Crippen LogP contribution in [0.5, 0.6) is 0 Å². The molecular formula is C23H46O6. The minimum Gasteiger partial charge on any atom is -0.463 e. The fourth-order valence-electron chi connectivity index (χ4n) is 3.35. The smallest absolute Gasteiger partial charge is 0.305 e. The third-order valence-corrected chi connectivity index (χ3v) is 5.06. The monoisotopic (exact) mass is 418 g/mol. The normalized spacial score (nSPS) is 14.5. The lowest BCUT2D eigenvalue weighted by Gasteiger charge is -2.24. The molecule has 3 N–H and O–H groups in total. The molecule has 0 bridgehead atoms. The van der Waals surface area contributed by atoms with Crippen molar-refractivity contribution < 1.29 is 29.6 Å². The molecule has 0 spiro atoms. The first-order chi connectivity index (χ1) is 14.0. The zero-order chi connectivity index (χ0) is 21.7. The van der Waals surface area contributed by atoms with Crippen LogP contribution in [0.1, 0.15) is 104 Å². The summed E-state index contributed by atoms with van der Waals surface area (Å²) in [5.74, 6) is -0.247. The Hall–Kier alpha value is -0.690. The summed E-state index contributed by atoms with van der Waals surface area (Å²) < 4.78 is 10.6. The molecule has 0 aliphatic rings. The van der Waals surface area contributed by atoms with Crippen molar-refractivity contribution in [2.24, 2.45) is 0 Å². The zero-order valence-corrected chi connectivity index (χ0v) is 18.8. The van der Waals surface area contributed by atoms with Crippen molar-refractivity contribution in [1.29, 1.82) is 0 Å². The first kappa shape index (κ1) is 28.3. The van der Waals surface area contributed by atoms with Crippen molar-refractivity contribution in [3.63, 3.8) is 0 Å². The molecule has 0 saturated heterocycles. The summed E-state index contributed by atoms with van der Waals surface area (Å²) in [4.78, 5) is 11.3. The molecule has 0 radical (unpaired) electrons. The lowest BCUT2D eigenvalue weighted by molar-refractivity contribution is -0.144. The van der Waals surface area contributed by atoms with E-state index in [0.29, 0.717) is 6.42 Å². The highest BCUT2D eigenvalue weighted by Crippen LogP contribution is 2.18. The maximum atomic E-state index is 11.3. The largest absolute Gasteiger partial charge is 0.463 e. The second kappa shape index (κ2) is 20.6. The number of esters is 1. The predicted octanol–water partition coefficient (Wildman–Crippen LogP) is 4.13. The molecule has 0 aromatic carbocycles. The maximum absolute atomic E-state index is 11.3. The zero-order valence-electron chi connectivity index (χ0n) is 18.8. The molecule has 0 saturated carbocycles. The van der Waals surface area contributed by atoms with Crippen molar-refractivity contribution >= 4 is 5.97 Å². The van der Waals surface area contributed by atoms with Gasteiger partial charge in [0, 0.05) is 6.42 Å². The molecule has 3 atom stereocenters. The molecule has 0 aromatic heterocycles. The van der Waals surface area contributed by atoms with E-state index in [2.05, 4.69) is 6.92 Å². The van der Waals surface area contributed by atoms with E-state index in [0.717, 1.165) is 57.8 Å². The topological polar surface area (TPSA) is 96.2 Å². The van der Waals surface area contributed by atoms with Gasteiger partial charge in [-0.05, 0) is 26.2 Å². The highest BCUT2D eigenvalue weighted by Gasteiger charge is 2.20. The molecule has 0 amide bonds. The number of rotatable bonds is 21. The highest BCUT2D eigenvalue weighted by atomic mass is 16.5. The Morgan fingerprint density at radius 2 is 1.45 bits per heavy atom. The van der Waals surface area contributed by atoms with Crippen LogP contribution in [-0.2, 0) is 14.3 Å². The molecule has 0 heterocycles. The van der Waals surface area contributed by atoms with Gasteiger partial charge in [-0.1, -0.05) is 71.1 Å². The first-order valence-corrected chi connectivity index (χ1v) is 11.8. The molecule has 0 fully saturated rings. The Labute approximate surface area is 178 Å². The average molecular weight is 419 g/mol. The van der Waals surface area contributed by atoms with E-state index in [1.165, 1.54) is 25.7 Å². The maximum Gasteiger partial charge on any atom is 0.305 e. The molecule has 29 heavy (non-hydrogen) atoms. The van der Waals surface area contributed by atoms with Crippen molar-refractivity contribution in [2.75, 3.05) is 19.8 Å². The van der Waals surface area contributed by atoms with E-state index >= 15 is 0 Å². The van der Waals surface area contributed by atoms with Gasteiger partial charge in [-0.15, -0.1) is 0 Å². The predicted molar refractivity (Wildman–Crippen MR) is 116 cm³/mol. The summed E-state index contributed by atoms with van der Waals surface area (Å²) in [6, 6.07) is 0. The summed E-state index contributed by atoms with van der Waals surface area (Å²) in [6.07, 6.45) is 12.7. The van der Waals surface area contributed by atoms with Crippen LogP contribution in [0.4, 0.5) is 0 Å². The summed E-state index contributed by atoms with van der Waals surface area (Å²) in [7, 11) is 0. The standard InChI is InChI=1S/C23H46O6/c1-3-4-5-6-8-11-14-21(26)22(29-19-20(2)25)15-12-9-7-10-13-16-23(27)28-18-17-24/h20-22,24-26H,3-19H2,1-2H3. The Kier molecular flexibility index (Phi) is 20.1. The van der Waals surface area contributed by atoms with Crippen LogP contribution < -0.4 is 0 Å². The van der Waals surface area contributed by atoms with Crippen molar-refractivity contribution in [1.82, 2.24) is 0 Å². The quantitative estimate of drug-likeness (QED) is 0.192. The second-order valence-corrected chi connectivity index (χ2v) is 8.10. The van der Waals surface area contributed by atoms with Crippen LogP contribution in [0.3, 0.4) is 0 Å². The summed E-state index contributed by atoms with van der Waals surface area (Å²) in [5.41, 5.74) is 0. The molecule has 0 aromatic rings. The van der Waals surface area contributed by atoms with Crippen LogP contribution >= 0.6 is 0 Å². The number of carbonyl (C=O) groups excluding carboxylic acids is 1. The Bertz CT molecular complexity index is 361. The number of hydrogen-bond acceptors (Lipinski definition) is 6. The molecule has 6 nitrogen and oxygen atoms in total. The third kappa shape index (κ3) is 19.0.